The van der Waals surface area contributed by atoms with Crippen LogP contribution in [0.2, 0.25) is 0 Å². The molecule has 0 aliphatic heterocycles. The number of hydrogen-bond acceptors (Lipinski definition) is 2. The minimum absolute atomic E-state index is 0.670. The molecular weight excluding hydrogens is 169 g/mol. The molecule has 0 fully saturated rings. The van der Waals surface area contributed by atoms with Gasteiger partial charge in [-0.2, -0.15) is 8.42 Å². The largest absolute Gasteiger partial charge is 0.308 e. The second-order valence-corrected chi connectivity index (χ2v) is 3.26. The molecule has 0 saturated carbocycles. The molecule has 2 nitrogen and oxygen atoms in total. The average Bonchev–Trinajstić information content (AvgIpc) is 1.60. The summed E-state index contributed by atoms with van der Waals surface area (Å²) in [6.45, 7) is 1.09. The van der Waals surface area contributed by atoms with Crippen molar-refractivity contribution in [3.8, 4) is 0 Å². The summed E-state index contributed by atoms with van der Waals surface area (Å²) in [6, 6.07) is 0. The summed E-state index contributed by atoms with van der Waals surface area (Å²) in [7, 11) is -5.04. The van der Waals surface area contributed by atoms with Crippen LogP contribution in [0.25, 0.3) is 0 Å². The van der Waals surface area contributed by atoms with Crippen LogP contribution in [0.4, 0.5) is 12.7 Å². The minimum atomic E-state index is -5.04. The van der Waals surface area contributed by atoms with E-state index in [2.05, 4.69) is 0 Å². The quantitative estimate of drug-likeness (QED) is 0.608. The highest BCUT2D eigenvalue weighted by atomic mass is 32.3. The summed E-state index contributed by atoms with van der Waals surface area (Å²) in [6.07, 6.45) is -0.670. The second kappa shape index (κ2) is 2.77. The Morgan fingerprint density at radius 2 is 1.80 bits per heavy atom. The van der Waals surface area contributed by atoms with E-state index >= 15 is 0 Å². The van der Waals surface area contributed by atoms with Crippen molar-refractivity contribution in [2.45, 2.75) is 19.3 Å². The average molecular weight is 176 g/mol. The van der Waals surface area contributed by atoms with Gasteiger partial charge in [-0.3, -0.25) is 0 Å². The fourth-order valence-electron chi connectivity index (χ4n) is 0.354. The van der Waals surface area contributed by atoms with Crippen LogP contribution in [0.1, 0.15) is 13.3 Å². The van der Waals surface area contributed by atoms with Gasteiger partial charge in [0.05, 0.1) is 0 Å². The van der Waals surface area contributed by atoms with Gasteiger partial charge in [-0.1, -0.05) is 6.92 Å². The van der Waals surface area contributed by atoms with E-state index in [0.29, 0.717) is 0 Å². The topological polar surface area (TPSA) is 34.1 Å². The van der Waals surface area contributed by atoms with Gasteiger partial charge in [0.15, 0.2) is 0 Å². The zero-order valence-corrected chi connectivity index (χ0v) is 6.09. The van der Waals surface area contributed by atoms with Gasteiger partial charge in [0.2, 0.25) is 0 Å². The zero-order chi connectivity index (χ0) is 8.41. The normalized spacial score (nSPS) is 13.6. The third-order valence-corrected chi connectivity index (χ3v) is 1.67. The molecule has 62 valence electrons. The van der Waals surface area contributed by atoms with Crippen molar-refractivity contribution in [3.63, 3.8) is 0 Å². The van der Waals surface area contributed by atoms with Crippen LogP contribution >= 0.6 is 0 Å². The number of alkyl halides is 2. The highest BCUT2D eigenvalue weighted by Crippen LogP contribution is 2.20. The molecule has 0 aliphatic carbocycles. The van der Waals surface area contributed by atoms with Gasteiger partial charge < -0.3 is 0 Å². The highest BCUT2D eigenvalue weighted by Gasteiger charge is 2.33. The lowest BCUT2D eigenvalue weighted by molar-refractivity contribution is 0.0210. The van der Waals surface area contributed by atoms with Gasteiger partial charge in [0.1, 0.15) is 5.75 Å². The van der Waals surface area contributed by atoms with Gasteiger partial charge in [-0.05, 0) is 0 Å². The molecule has 0 aromatic carbocycles. The Hall–Kier alpha value is -0.260. The second-order valence-electron chi connectivity index (χ2n) is 1.89. The molecule has 0 rings (SSSR count). The van der Waals surface area contributed by atoms with Crippen LogP contribution in [0.3, 0.4) is 0 Å². The van der Waals surface area contributed by atoms with Gasteiger partial charge in [0.25, 0.3) is 5.92 Å². The summed E-state index contributed by atoms with van der Waals surface area (Å²) in [5.41, 5.74) is 0. The lowest BCUT2D eigenvalue weighted by atomic mass is 10.3. The molecule has 0 heterocycles. The molecule has 0 N–H and O–H groups in total. The lowest BCUT2D eigenvalue weighted by Gasteiger charge is -2.09. The molecule has 0 spiro atoms. The smallest absolute Gasteiger partial charge is 0.206 e. The number of rotatable bonds is 3. The van der Waals surface area contributed by atoms with Crippen molar-refractivity contribution >= 4 is 10.2 Å². The van der Waals surface area contributed by atoms with Gasteiger partial charge in [-0.25, -0.2) is 8.78 Å². The van der Waals surface area contributed by atoms with E-state index in [1.54, 1.807) is 0 Å². The van der Waals surface area contributed by atoms with Crippen molar-refractivity contribution in [2.24, 2.45) is 0 Å². The van der Waals surface area contributed by atoms with Crippen LogP contribution < -0.4 is 0 Å². The lowest BCUT2D eigenvalue weighted by Crippen LogP contribution is -2.24. The first kappa shape index (κ1) is 9.74. The van der Waals surface area contributed by atoms with Gasteiger partial charge in [-0.15, -0.1) is 3.89 Å². The Labute approximate surface area is 57.3 Å². The maximum Gasteiger partial charge on any atom is 0.308 e. The Kier molecular flexibility index (Phi) is 2.70. The third-order valence-electron chi connectivity index (χ3n) is 0.901. The molecule has 0 saturated heterocycles. The van der Waals surface area contributed by atoms with E-state index in [-0.39, 0.29) is 0 Å². The molecule has 0 amide bonds. The van der Waals surface area contributed by atoms with E-state index < -0.39 is 28.3 Å². The molecule has 10 heavy (non-hydrogen) atoms. The fourth-order valence-corrected chi connectivity index (χ4v) is 1.06. The van der Waals surface area contributed by atoms with Crippen molar-refractivity contribution in [3.05, 3.63) is 0 Å². The highest BCUT2D eigenvalue weighted by molar-refractivity contribution is 7.86. The van der Waals surface area contributed by atoms with E-state index in [9.17, 15) is 21.1 Å². The number of hydrogen-bond donors (Lipinski definition) is 0. The molecule has 6 heteroatoms. The Balaban J connectivity index is 4.16. The summed E-state index contributed by atoms with van der Waals surface area (Å²) in [4.78, 5) is 0. The molecule has 0 aliphatic rings. The minimum Gasteiger partial charge on any atom is -0.206 e. The molecular formula is C4H7F3O2S. The van der Waals surface area contributed by atoms with Crippen LogP contribution in [0, 0.1) is 0 Å². The maximum atomic E-state index is 12.0. The van der Waals surface area contributed by atoms with Crippen molar-refractivity contribution < 1.29 is 21.1 Å². The molecule has 0 atom stereocenters. The van der Waals surface area contributed by atoms with Crippen molar-refractivity contribution in [1.82, 2.24) is 0 Å². The van der Waals surface area contributed by atoms with E-state index in [1.807, 2.05) is 0 Å². The molecule has 0 radical (unpaired) electrons. The van der Waals surface area contributed by atoms with Crippen molar-refractivity contribution in [1.29, 1.82) is 0 Å². The summed E-state index contributed by atoms with van der Waals surface area (Å²) < 4.78 is 54.9. The van der Waals surface area contributed by atoms with E-state index in [4.69, 9.17) is 0 Å². The molecule has 0 aromatic heterocycles. The maximum absolute atomic E-state index is 12.0. The molecule has 0 unspecified atom stereocenters. The fraction of sp³-hybridized carbons (Fsp3) is 1.00. The third kappa shape index (κ3) is 4.60. The monoisotopic (exact) mass is 176 g/mol. The first-order chi connectivity index (χ1) is 4.27. The predicted octanol–water partition coefficient (Wildman–Crippen LogP) is 1.33. The van der Waals surface area contributed by atoms with Crippen LogP contribution in [-0.2, 0) is 10.2 Å². The Morgan fingerprint density at radius 1 is 1.40 bits per heavy atom. The number of halogens is 3. The first-order valence-electron chi connectivity index (χ1n) is 2.57. The molecule has 0 aromatic rings. The molecule has 0 bridgehead atoms. The summed E-state index contributed by atoms with van der Waals surface area (Å²) in [5.74, 6) is -5.15. The van der Waals surface area contributed by atoms with Crippen LogP contribution in [0.5, 0.6) is 0 Å². The van der Waals surface area contributed by atoms with Gasteiger partial charge in [0, 0.05) is 6.42 Å². The summed E-state index contributed by atoms with van der Waals surface area (Å²) >= 11 is 0. The zero-order valence-electron chi connectivity index (χ0n) is 5.27. The first-order valence-corrected chi connectivity index (χ1v) is 4.12. The van der Waals surface area contributed by atoms with E-state index in [1.165, 1.54) is 0 Å². The Bertz CT molecular complexity index is 197. The summed E-state index contributed by atoms with van der Waals surface area (Å²) in [5, 5.41) is 0. The Morgan fingerprint density at radius 3 is 1.90 bits per heavy atom. The van der Waals surface area contributed by atoms with E-state index in [0.717, 1.165) is 6.92 Å². The van der Waals surface area contributed by atoms with Gasteiger partial charge >= 0.3 is 10.2 Å². The predicted molar refractivity (Wildman–Crippen MR) is 30.1 cm³/mol. The van der Waals surface area contributed by atoms with Crippen molar-refractivity contribution in [2.75, 3.05) is 5.75 Å². The SMILES string of the molecule is CCC(F)(F)CS(=O)(=O)F. The van der Waals surface area contributed by atoms with Crippen LogP contribution in [-0.4, -0.2) is 20.1 Å². The standard InChI is InChI=1S/C4H7F3O2S/c1-2-4(5,6)3-10(7,8)9/h2-3H2,1H3. The van der Waals surface area contributed by atoms with Crippen LogP contribution in [0.15, 0.2) is 0 Å².